The minimum absolute atomic E-state index is 0.582. The average Bonchev–Trinajstić information content (AvgIpc) is 2.86. The van der Waals surface area contributed by atoms with Gasteiger partial charge < -0.3 is 4.52 Å². The average molecular weight is 258 g/mol. The number of pyridine rings is 1. The quantitative estimate of drug-likeness (QED) is 0.771. The van der Waals surface area contributed by atoms with E-state index in [0.717, 1.165) is 12.1 Å². The van der Waals surface area contributed by atoms with Gasteiger partial charge in [-0.05, 0) is 33.0 Å². The van der Waals surface area contributed by atoms with Crippen molar-refractivity contribution >= 4 is 0 Å². The van der Waals surface area contributed by atoms with Crippen LogP contribution in [0.1, 0.15) is 19.7 Å². The van der Waals surface area contributed by atoms with Gasteiger partial charge in [0.2, 0.25) is 11.7 Å². The number of allylic oxidation sites excluding steroid dienone is 1. The van der Waals surface area contributed by atoms with Crippen molar-refractivity contribution in [2.45, 2.75) is 20.4 Å². The molecule has 0 spiro atoms. The Morgan fingerprint density at radius 1 is 1.42 bits per heavy atom. The number of likely N-dealkylation sites (N-methyl/N-ethyl adjacent to an activating group) is 1. The fourth-order valence-corrected chi connectivity index (χ4v) is 1.57. The highest BCUT2D eigenvalue weighted by Gasteiger charge is 2.10. The highest BCUT2D eigenvalue weighted by atomic mass is 16.5. The summed E-state index contributed by atoms with van der Waals surface area (Å²) in [6.45, 7) is 5.67. The van der Waals surface area contributed by atoms with E-state index in [-0.39, 0.29) is 0 Å². The third kappa shape index (κ3) is 3.99. The molecular formula is C14H18N4O. The van der Waals surface area contributed by atoms with E-state index in [1.807, 2.05) is 19.2 Å². The summed E-state index contributed by atoms with van der Waals surface area (Å²) in [5.74, 6) is 1.20. The highest BCUT2D eigenvalue weighted by Crippen LogP contribution is 2.14. The van der Waals surface area contributed by atoms with Crippen molar-refractivity contribution in [3.8, 4) is 11.4 Å². The number of aromatic nitrogens is 3. The van der Waals surface area contributed by atoms with Crippen LogP contribution in [0.15, 0.2) is 40.7 Å². The van der Waals surface area contributed by atoms with Gasteiger partial charge in [0, 0.05) is 24.5 Å². The normalized spacial score (nSPS) is 10.7. The smallest absolute Gasteiger partial charge is 0.241 e. The Kier molecular flexibility index (Phi) is 4.41. The van der Waals surface area contributed by atoms with Gasteiger partial charge in [0.1, 0.15) is 0 Å². The molecule has 0 amide bonds. The molecule has 2 rings (SSSR count). The summed E-state index contributed by atoms with van der Waals surface area (Å²) >= 11 is 0. The summed E-state index contributed by atoms with van der Waals surface area (Å²) in [5.41, 5.74) is 2.16. The Balaban J connectivity index is 2.00. The SMILES string of the molecule is CC(C)=CCN(C)Cc1nc(-c2cccnc2)no1. The maximum Gasteiger partial charge on any atom is 0.241 e. The summed E-state index contributed by atoms with van der Waals surface area (Å²) in [5, 5.41) is 3.97. The summed E-state index contributed by atoms with van der Waals surface area (Å²) in [4.78, 5) is 10.5. The first-order valence-electron chi connectivity index (χ1n) is 6.20. The minimum Gasteiger partial charge on any atom is -0.338 e. The zero-order valence-electron chi connectivity index (χ0n) is 11.5. The second-order valence-electron chi connectivity index (χ2n) is 4.73. The van der Waals surface area contributed by atoms with E-state index in [1.54, 1.807) is 12.4 Å². The molecule has 0 unspecified atom stereocenters. The van der Waals surface area contributed by atoms with E-state index in [4.69, 9.17) is 4.52 Å². The molecule has 0 bridgehead atoms. The van der Waals surface area contributed by atoms with Gasteiger partial charge in [-0.25, -0.2) is 0 Å². The third-order valence-corrected chi connectivity index (χ3v) is 2.60. The van der Waals surface area contributed by atoms with Crippen molar-refractivity contribution in [2.24, 2.45) is 0 Å². The fourth-order valence-electron chi connectivity index (χ4n) is 1.57. The first kappa shape index (κ1) is 13.4. The Bertz CT molecular complexity index is 544. The molecule has 100 valence electrons. The first-order chi connectivity index (χ1) is 9.15. The van der Waals surface area contributed by atoms with Gasteiger partial charge in [-0.1, -0.05) is 16.8 Å². The largest absolute Gasteiger partial charge is 0.338 e. The van der Waals surface area contributed by atoms with E-state index >= 15 is 0 Å². The molecule has 19 heavy (non-hydrogen) atoms. The van der Waals surface area contributed by atoms with Crippen LogP contribution in [0.5, 0.6) is 0 Å². The van der Waals surface area contributed by atoms with Gasteiger partial charge in [-0.15, -0.1) is 0 Å². The van der Waals surface area contributed by atoms with Crippen molar-refractivity contribution < 1.29 is 4.52 Å². The molecule has 2 heterocycles. The van der Waals surface area contributed by atoms with E-state index in [1.165, 1.54) is 5.57 Å². The number of nitrogens with zero attached hydrogens (tertiary/aromatic N) is 4. The molecule has 0 aliphatic heterocycles. The van der Waals surface area contributed by atoms with Crippen LogP contribution < -0.4 is 0 Å². The van der Waals surface area contributed by atoms with E-state index in [0.29, 0.717) is 18.3 Å². The predicted octanol–water partition coefficient (Wildman–Crippen LogP) is 2.53. The zero-order chi connectivity index (χ0) is 13.7. The van der Waals surface area contributed by atoms with Crippen LogP contribution >= 0.6 is 0 Å². The molecule has 2 aromatic heterocycles. The highest BCUT2D eigenvalue weighted by molar-refractivity contribution is 5.51. The summed E-state index contributed by atoms with van der Waals surface area (Å²) in [7, 11) is 2.02. The molecule has 0 aliphatic rings. The fraction of sp³-hybridized carbons (Fsp3) is 0.357. The maximum absolute atomic E-state index is 5.25. The molecule has 5 heteroatoms. The van der Waals surface area contributed by atoms with Crippen LogP contribution in [0.2, 0.25) is 0 Å². The molecule has 0 N–H and O–H groups in total. The monoisotopic (exact) mass is 258 g/mol. The predicted molar refractivity (Wildman–Crippen MR) is 73.3 cm³/mol. The summed E-state index contributed by atoms with van der Waals surface area (Å²) in [6.07, 6.45) is 5.61. The molecular weight excluding hydrogens is 240 g/mol. The number of hydrogen-bond acceptors (Lipinski definition) is 5. The second kappa shape index (κ2) is 6.24. The third-order valence-electron chi connectivity index (χ3n) is 2.60. The van der Waals surface area contributed by atoms with Gasteiger partial charge in [-0.3, -0.25) is 9.88 Å². The molecule has 0 aliphatic carbocycles. The lowest BCUT2D eigenvalue weighted by molar-refractivity contribution is 0.285. The zero-order valence-corrected chi connectivity index (χ0v) is 11.5. The van der Waals surface area contributed by atoms with Gasteiger partial charge >= 0.3 is 0 Å². The Hall–Kier alpha value is -2.01. The van der Waals surface area contributed by atoms with Gasteiger partial charge in [0.05, 0.1) is 6.54 Å². The summed E-state index contributed by atoms with van der Waals surface area (Å²) < 4.78 is 5.25. The molecule has 0 saturated heterocycles. The van der Waals surface area contributed by atoms with E-state index in [9.17, 15) is 0 Å². The van der Waals surface area contributed by atoms with Crippen LogP contribution in [-0.2, 0) is 6.54 Å². The molecule has 0 saturated carbocycles. The Labute approximate surface area is 113 Å². The lowest BCUT2D eigenvalue weighted by Gasteiger charge is -2.10. The van der Waals surface area contributed by atoms with E-state index < -0.39 is 0 Å². The Morgan fingerprint density at radius 2 is 2.26 bits per heavy atom. The lowest BCUT2D eigenvalue weighted by Crippen LogP contribution is -2.18. The van der Waals surface area contributed by atoms with Crippen LogP contribution in [0.3, 0.4) is 0 Å². The lowest BCUT2D eigenvalue weighted by atomic mass is 10.3. The molecule has 0 atom stereocenters. The van der Waals surface area contributed by atoms with Gasteiger partial charge in [0.15, 0.2) is 0 Å². The molecule has 5 nitrogen and oxygen atoms in total. The summed E-state index contributed by atoms with van der Waals surface area (Å²) in [6, 6.07) is 3.76. The molecule has 0 fully saturated rings. The minimum atomic E-state index is 0.582. The molecule has 0 radical (unpaired) electrons. The number of hydrogen-bond donors (Lipinski definition) is 0. The maximum atomic E-state index is 5.25. The van der Waals surface area contributed by atoms with Crippen molar-refractivity contribution in [3.05, 3.63) is 42.1 Å². The first-order valence-corrected chi connectivity index (χ1v) is 6.20. The van der Waals surface area contributed by atoms with Crippen LogP contribution in [-0.4, -0.2) is 33.6 Å². The van der Waals surface area contributed by atoms with Crippen LogP contribution in [0.25, 0.3) is 11.4 Å². The van der Waals surface area contributed by atoms with Crippen molar-refractivity contribution in [1.29, 1.82) is 0 Å². The Morgan fingerprint density at radius 3 is 2.95 bits per heavy atom. The molecule has 2 aromatic rings. The van der Waals surface area contributed by atoms with Crippen molar-refractivity contribution in [1.82, 2.24) is 20.0 Å². The van der Waals surface area contributed by atoms with Gasteiger partial charge in [0.25, 0.3) is 0 Å². The van der Waals surface area contributed by atoms with E-state index in [2.05, 4.69) is 39.9 Å². The topological polar surface area (TPSA) is 55.1 Å². The second-order valence-corrected chi connectivity index (χ2v) is 4.73. The molecule has 0 aromatic carbocycles. The van der Waals surface area contributed by atoms with Crippen LogP contribution in [0.4, 0.5) is 0 Å². The van der Waals surface area contributed by atoms with Gasteiger partial charge in [-0.2, -0.15) is 4.98 Å². The number of rotatable bonds is 5. The van der Waals surface area contributed by atoms with Crippen LogP contribution in [0, 0.1) is 0 Å². The van der Waals surface area contributed by atoms with Crippen molar-refractivity contribution in [3.63, 3.8) is 0 Å². The standard InChI is InChI=1S/C14H18N4O/c1-11(2)6-8-18(3)10-13-16-14(17-19-13)12-5-4-7-15-9-12/h4-7,9H,8,10H2,1-3H3. The van der Waals surface area contributed by atoms with Crippen molar-refractivity contribution in [2.75, 3.05) is 13.6 Å².